The zero-order chi connectivity index (χ0) is 8.97. The molecule has 0 N–H and O–H groups in total. The first kappa shape index (κ1) is 8.97. The lowest BCUT2D eigenvalue weighted by molar-refractivity contribution is 0.416. The quantitative estimate of drug-likeness (QED) is 0.575. The molecule has 0 fully saturated rings. The van der Waals surface area contributed by atoms with Crippen LogP contribution >= 0.6 is 15.9 Å². The van der Waals surface area contributed by atoms with Crippen LogP contribution in [-0.2, 0) is 4.79 Å². The first-order valence-electron chi connectivity index (χ1n) is 3.20. The van der Waals surface area contributed by atoms with Crippen LogP contribution in [0.25, 0.3) is 0 Å². The number of halogens is 1. The average Bonchev–Trinajstić information content (AvgIpc) is 2.09. The summed E-state index contributed by atoms with van der Waals surface area (Å²) in [6.45, 7) is 0. The number of isocyanates is 1. The van der Waals surface area contributed by atoms with Crippen molar-refractivity contribution in [2.24, 2.45) is 4.99 Å². The highest BCUT2D eigenvalue weighted by Crippen LogP contribution is 2.34. The van der Waals surface area contributed by atoms with E-state index in [1.807, 2.05) is 0 Å². The van der Waals surface area contributed by atoms with Crippen molar-refractivity contribution in [2.75, 3.05) is 7.11 Å². The molecule has 4 heteroatoms. The van der Waals surface area contributed by atoms with Gasteiger partial charge in [0, 0.05) is 4.47 Å². The van der Waals surface area contributed by atoms with Crippen LogP contribution in [0.1, 0.15) is 0 Å². The topological polar surface area (TPSA) is 38.7 Å². The van der Waals surface area contributed by atoms with Crippen molar-refractivity contribution in [1.29, 1.82) is 0 Å². The fourth-order valence-corrected chi connectivity index (χ4v) is 1.25. The second kappa shape index (κ2) is 4.04. The number of nitrogens with zero attached hydrogens (tertiary/aromatic N) is 1. The second-order valence-corrected chi connectivity index (χ2v) is 2.85. The molecule has 0 radical (unpaired) electrons. The molecule has 0 aliphatic rings. The Morgan fingerprint density at radius 1 is 1.58 bits per heavy atom. The van der Waals surface area contributed by atoms with Crippen molar-refractivity contribution in [3.05, 3.63) is 22.7 Å². The van der Waals surface area contributed by atoms with Gasteiger partial charge in [-0.2, -0.15) is 4.99 Å². The van der Waals surface area contributed by atoms with E-state index < -0.39 is 0 Å². The molecule has 1 aromatic carbocycles. The lowest BCUT2D eigenvalue weighted by atomic mass is 10.3. The molecule has 0 aromatic heterocycles. The van der Waals surface area contributed by atoms with Gasteiger partial charge in [-0.25, -0.2) is 4.79 Å². The molecule has 0 aliphatic carbocycles. The molecule has 1 rings (SSSR count). The van der Waals surface area contributed by atoms with Crippen LogP contribution in [0.5, 0.6) is 5.75 Å². The normalized spacial score (nSPS) is 8.83. The summed E-state index contributed by atoms with van der Waals surface area (Å²) in [5.74, 6) is 0.549. The van der Waals surface area contributed by atoms with Crippen molar-refractivity contribution < 1.29 is 9.53 Å². The van der Waals surface area contributed by atoms with Crippen LogP contribution in [0.4, 0.5) is 5.69 Å². The van der Waals surface area contributed by atoms with Gasteiger partial charge in [-0.1, -0.05) is 6.07 Å². The Kier molecular flexibility index (Phi) is 3.02. The number of methoxy groups -OCH3 is 1. The minimum absolute atomic E-state index is 0.468. The third-order valence-electron chi connectivity index (χ3n) is 1.33. The summed E-state index contributed by atoms with van der Waals surface area (Å²) >= 11 is 3.24. The van der Waals surface area contributed by atoms with E-state index in [1.54, 1.807) is 18.2 Å². The summed E-state index contributed by atoms with van der Waals surface area (Å²) in [6, 6.07) is 5.30. The summed E-state index contributed by atoms with van der Waals surface area (Å²) in [5, 5.41) is 0. The van der Waals surface area contributed by atoms with Crippen LogP contribution in [0, 0.1) is 0 Å². The summed E-state index contributed by atoms with van der Waals surface area (Å²) < 4.78 is 5.69. The number of carbonyl (C=O) groups excluding carboxylic acids is 1. The van der Waals surface area contributed by atoms with Gasteiger partial charge >= 0.3 is 0 Å². The molecule has 0 bridgehead atoms. The molecule has 0 unspecified atom stereocenters. The van der Waals surface area contributed by atoms with Gasteiger partial charge in [0.05, 0.1) is 7.11 Å². The van der Waals surface area contributed by atoms with Crippen LogP contribution in [-0.4, -0.2) is 13.2 Å². The maximum atomic E-state index is 10.0. The van der Waals surface area contributed by atoms with Crippen LogP contribution in [0.2, 0.25) is 0 Å². The second-order valence-electron chi connectivity index (χ2n) is 1.99. The fourth-order valence-electron chi connectivity index (χ4n) is 0.814. The number of hydrogen-bond acceptors (Lipinski definition) is 3. The SMILES string of the molecule is COc1cccc(Br)c1N=C=O. The monoisotopic (exact) mass is 227 g/mol. The molecule has 0 spiro atoms. The van der Waals surface area contributed by atoms with E-state index in [0.717, 1.165) is 0 Å². The molecule has 3 nitrogen and oxygen atoms in total. The largest absolute Gasteiger partial charge is 0.494 e. The van der Waals surface area contributed by atoms with Crippen molar-refractivity contribution in [2.45, 2.75) is 0 Å². The van der Waals surface area contributed by atoms with Gasteiger partial charge in [0.25, 0.3) is 0 Å². The average molecular weight is 228 g/mol. The molecule has 12 heavy (non-hydrogen) atoms. The van der Waals surface area contributed by atoms with Gasteiger partial charge in [0.15, 0.2) is 0 Å². The number of hydrogen-bond donors (Lipinski definition) is 0. The van der Waals surface area contributed by atoms with Crippen molar-refractivity contribution in [3.8, 4) is 5.75 Å². The molecule has 0 saturated heterocycles. The summed E-state index contributed by atoms with van der Waals surface area (Å²) in [5.41, 5.74) is 0.468. The summed E-state index contributed by atoms with van der Waals surface area (Å²) in [4.78, 5) is 13.5. The molecule has 0 heterocycles. The third-order valence-corrected chi connectivity index (χ3v) is 1.97. The Morgan fingerprint density at radius 2 is 2.33 bits per heavy atom. The van der Waals surface area contributed by atoms with Crippen LogP contribution in [0.15, 0.2) is 27.7 Å². The summed E-state index contributed by atoms with van der Waals surface area (Å²) in [7, 11) is 1.52. The van der Waals surface area contributed by atoms with Gasteiger partial charge in [0.1, 0.15) is 11.4 Å². The van der Waals surface area contributed by atoms with E-state index >= 15 is 0 Å². The maximum absolute atomic E-state index is 10.0. The van der Waals surface area contributed by atoms with E-state index in [9.17, 15) is 4.79 Å². The van der Waals surface area contributed by atoms with Crippen molar-refractivity contribution >= 4 is 27.7 Å². The third kappa shape index (κ3) is 1.72. The Bertz CT molecular complexity index is 332. The predicted octanol–water partition coefficient (Wildman–Crippen LogP) is 2.43. The van der Waals surface area contributed by atoms with E-state index in [1.165, 1.54) is 13.2 Å². The smallest absolute Gasteiger partial charge is 0.240 e. The van der Waals surface area contributed by atoms with Gasteiger partial charge in [-0.15, -0.1) is 0 Å². The number of rotatable bonds is 2. The molecule has 1 aromatic rings. The maximum Gasteiger partial charge on any atom is 0.240 e. The summed E-state index contributed by atoms with van der Waals surface area (Å²) in [6.07, 6.45) is 1.46. The molecule has 62 valence electrons. The Balaban J connectivity index is 3.28. The molecular weight excluding hydrogens is 222 g/mol. The minimum atomic E-state index is 0.468. The lowest BCUT2D eigenvalue weighted by Gasteiger charge is -2.03. The van der Waals surface area contributed by atoms with Crippen LogP contribution in [0.3, 0.4) is 0 Å². The molecular formula is C8H6BrNO2. The molecule has 0 atom stereocenters. The number of ether oxygens (including phenoxy) is 1. The number of para-hydroxylation sites is 1. The van der Waals surface area contributed by atoms with E-state index in [2.05, 4.69) is 20.9 Å². The first-order chi connectivity index (χ1) is 5.79. The highest BCUT2D eigenvalue weighted by Gasteiger charge is 2.04. The number of aliphatic imine (C=N–C) groups is 1. The predicted molar refractivity (Wildman–Crippen MR) is 48.5 cm³/mol. The Hall–Kier alpha value is -1.12. The standard InChI is InChI=1S/C8H6BrNO2/c1-12-7-4-2-3-6(9)8(7)10-5-11/h2-4H,1H3. The van der Waals surface area contributed by atoms with Crippen molar-refractivity contribution in [1.82, 2.24) is 0 Å². The molecule has 0 aliphatic heterocycles. The number of benzene rings is 1. The molecule has 0 saturated carbocycles. The van der Waals surface area contributed by atoms with Gasteiger partial charge in [-0.3, -0.25) is 0 Å². The highest BCUT2D eigenvalue weighted by molar-refractivity contribution is 9.10. The van der Waals surface area contributed by atoms with Crippen LogP contribution < -0.4 is 4.74 Å². The highest BCUT2D eigenvalue weighted by atomic mass is 79.9. The first-order valence-corrected chi connectivity index (χ1v) is 3.99. The zero-order valence-electron chi connectivity index (χ0n) is 6.37. The Labute approximate surface area is 78.2 Å². The van der Waals surface area contributed by atoms with E-state index in [-0.39, 0.29) is 0 Å². The minimum Gasteiger partial charge on any atom is -0.494 e. The molecule has 0 amide bonds. The van der Waals surface area contributed by atoms with E-state index in [4.69, 9.17) is 4.74 Å². The van der Waals surface area contributed by atoms with Gasteiger partial charge < -0.3 is 4.74 Å². The van der Waals surface area contributed by atoms with Gasteiger partial charge in [0.2, 0.25) is 6.08 Å². The lowest BCUT2D eigenvalue weighted by Crippen LogP contribution is -1.83. The Morgan fingerprint density at radius 3 is 2.92 bits per heavy atom. The van der Waals surface area contributed by atoms with Crippen molar-refractivity contribution in [3.63, 3.8) is 0 Å². The fraction of sp³-hybridized carbons (Fsp3) is 0.125. The van der Waals surface area contributed by atoms with E-state index in [0.29, 0.717) is 15.9 Å². The van der Waals surface area contributed by atoms with Gasteiger partial charge in [-0.05, 0) is 28.1 Å². The zero-order valence-corrected chi connectivity index (χ0v) is 7.96.